The van der Waals surface area contributed by atoms with Crippen molar-refractivity contribution in [3.63, 3.8) is 0 Å². The van der Waals surface area contributed by atoms with E-state index in [1.54, 1.807) is 0 Å². The van der Waals surface area contributed by atoms with Crippen molar-refractivity contribution in [2.45, 2.75) is 59.3 Å². The maximum absolute atomic E-state index is 2.37. The Hall–Kier alpha value is -0.820. The first kappa shape index (κ1) is 17.2. The van der Waals surface area contributed by atoms with Gasteiger partial charge in [-0.2, -0.15) is 0 Å². The summed E-state index contributed by atoms with van der Waals surface area (Å²) in [5.74, 6) is 0. The van der Waals surface area contributed by atoms with Crippen molar-refractivity contribution in [1.82, 2.24) is 0 Å². The molecule has 1 aromatic carbocycles. The van der Waals surface area contributed by atoms with Gasteiger partial charge in [0.1, 0.15) is 0 Å². The zero-order chi connectivity index (χ0) is 14.7. The highest BCUT2D eigenvalue weighted by molar-refractivity contribution is 5.14. The van der Waals surface area contributed by atoms with E-state index in [4.69, 9.17) is 0 Å². The minimum atomic E-state index is 1.23. The van der Waals surface area contributed by atoms with Crippen LogP contribution in [0.2, 0.25) is 0 Å². The Bertz CT molecular complexity index is 327. The normalized spacial score (nSPS) is 11.8. The molecule has 1 rings (SSSR count). The van der Waals surface area contributed by atoms with Crippen molar-refractivity contribution >= 4 is 0 Å². The highest BCUT2D eigenvalue weighted by atomic mass is 15.3. The van der Waals surface area contributed by atoms with Gasteiger partial charge in [0.25, 0.3) is 0 Å². The molecule has 0 amide bonds. The predicted octanol–water partition coefficient (Wildman–Crippen LogP) is 5.06. The summed E-state index contributed by atoms with van der Waals surface area (Å²) in [5.41, 5.74) is 1.49. The fourth-order valence-corrected chi connectivity index (χ4v) is 3.11. The van der Waals surface area contributed by atoms with Crippen molar-refractivity contribution < 1.29 is 4.48 Å². The minimum Gasteiger partial charge on any atom is -0.324 e. The van der Waals surface area contributed by atoms with Gasteiger partial charge in [0.15, 0.2) is 0 Å². The van der Waals surface area contributed by atoms with E-state index in [-0.39, 0.29) is 0 Å². The third-order valence-electron chi connectivity index (χ3n) is 4.77. The van der Waals surface area contributed by atoms with Crippen LogP contribution >= 0.6 is 0 Å². The lowest BCUT2D eigenvalue weighted by Crippen LogP contribution is -2.49. The minimum absolute atomic E-state index is 1.23. The van der Waals surface area contributed by atoms with Crippen LogP contribution in [0.4, 0.5) is 0 Å². The molecule has 0 radical (unpaired) electrons. The highest BCUT2D eigenvalue weighted by Gasteiger charge is 2.21. The fraction of sp³-hybridized carbons (Fsp3) is 0.684. The summed E-state index contributed by atoms with van der Waals surface area (Å²) in [6.45, 7) is 12.3. The molecule has 20 heavy (non-hydrogen) atoms. The van der Waals surface area contributed by atoms with Crippen LogP contribution in [0.25, 0.3) is 0 Å². The fourth-order valence-electron chi connectivity index (χ4n) is 3.11. The van der Waals surface area contributed by atoms with Crippen molar-refractivity contribution in [2.75, 3.05) is 26.2 Å². The standard InChI is InChI=1S/C19H34N/c1-4-7-8-12-17-20(5-2,6-3)18-13-16-19-14-10-9-11-15-19/h9-11,14-15H,4-8,12-13,16-18H2,1-3H3/q+1. The lowest BCUT2D eigenvalue weighted by molar-refractivity contribution is -0.925. The van der Waals surface area contributed by atoms with Gasteiger partial charge in [0.2, 0.25) is 0 Å². The number of hydrogen-bond donors (Lipinski definition) is 0. The summed E-state index contributed by atoms with van der Waals surface area (Å²) in [6.07, 6.45) is 8.11. The van der Waals surface area contributed by atoms with Crippen LogP contribution < -0.4 is 0 Å². The van der Waals surface area contributed by atoms with Crippen LogP contribution in [0.15, 0.2) is 30.3 Å². The van der Waals surface area contributed by atoms with Crippen molar-refractivity contribution in [3.8, 4) is 0 Å². The average molecular weight is 276 g/mol. The molecule has 0 spiro atoms. The monoisotopic (exact) mass is 276 g/mol. The molecule has 0 aliphatic rings. The summed E-state index contributed by atoms with van der Waals surface area (Å²) < 4.78 is 1.32. The van der Waals surface area contributed by atoms with E-state index in [2.05, 4.69) is 51.1 Å². The van der Waals surface area contributed by atoms with Crippen LogP contribution in [-0.2, 0) is 6.42 Å². The second-order valence-electron chi connectivity index (χ2n) is 6.07. The van der Waals surface area contributed by atoms with Crippen LogP contribution in [0.3, 0.4) is 0 Å². The third-order valence-corrected chi connectivity index (χ3v) is 4.77. The van der Waals surface area contributed by atoms with Crippen molar-refractivity contribution in [1.29, 1.82) is 0 Å². The van der Waals surface area contributed by atoms with Gasteiger partial charge in [-0.3, -0.25) is 0 Å². The molecule has 0 saturated heterocycles. The Labute approximate surface area is 126 Å². The van der Waals surface area contributed by atoms with Gasteiger partial charge in [-0.1, -0.05) is 50.1 Å². The first-order chi connectivity index (χ1) is 9.76. The zero-order valence-corrected chi connectivity index (χ0v) is 13.9. The van der Waals surface area contributed by atoms with E-state index < -0.39 is 0 Å². The average Bonchev–Trinajstić information content (AvgIpc) is 2.51. The highest BCUT2D eigenvalue weighted by Crippen LogP contribution is 2.14. The molecule has 0 aliphatic heterocycles. The van der Waals surface area contributed by atoms with Crippen molar-refractivity contribution in [3.05, 3.63) is 35.9 Å². The quantitative estimate of drug-likeness (QED) is 0.391. The van der Waals surface area contributed by atoms with E-state index in [1.807, 2.05) is 0 Å². The Morgan fingerprint density at radius 3 is 2.00 bits per heavy atom. The number of aryl methyl sites for hydroxylation is 1. The molecule has 0 N–H and O–H groups in total. The number of benzene rings is 1. The molecule has 0 bridgehead atoms. The molecule has 0 aromatic heterocycles. The SMILES string of the molecule is CCCCCC[N+](CC)(CC)CCCc1ccccc1. The van der Waals surface area contributed by atoms with Crippen LogP contribution in [0.1, 0.15) is 58.4 Å². The van der Waals surface area contributed by atoms with Gasteiger partial charge in [-0.25, -0.2) is 0 Å². The van der Waals surface area contributed by atoms with Gasteiger partial charge < -0.3 is 4.48 Å². The Balaban J connectivity index is 2.37. The number of unbranched alkanes of at least 4 members (excludes halogenated alkanes) is 3. The third kappa shape index (κ3) is 6.09. The number of nitrogens with zero attached hydrogens (tertiary/aromatic N) is 1. The summed E-state index contributed by atoms with van der Waals surface area (Å²) in [7, 11) is 0. The largest absolute Gasteiger partial charge is 0.324 e. The topological polar surface area (TPSA) is 0 Å². The molecule has 0 fully saturated rings. The summed E-state index contributed by atoms with van der Waals surface area (Å²) in [4.78, 5) is 0. The van der Waals surface area contributed by atoms with Gasteiger partial charge in [-0.05, 0) is 38.7 Å². The van der Waals surface area contributed by atoms with E-state index in [1.165, 1.54) is 74.8 Å². The van der Waals surface area contributed by atoms with Gasteiger partial charge >= 0.3 is 0 Å². The molecular weight excluding hydrogens is 242 g/mol. The molecule has 0 unspecified atom stereocenters. The second-order valence-corrected chi connectivity index (χ2v) is 6.07. The van der Waals surface area contributed by atoms with E-state index in [9.17, 15) is 0 Å². The maximum Gasteiger partial charge on any atom is 0.0789 e. The summed E-state index contributed by atoms with van der Waals surface area (Å²) in [5, 5.41) is 0. The molecule has 1 aromatic rings. The van der Waals surface area contributed by atoms with Crippen molar-refractivity contribution in [2.24, 2.45) is 0 Å². The van der Waals surface area contributed by atoms with Crippen LogP contribution in [0.5, 0.6) is 0 Å². The molecule has 1 heteroatoms. The van der Waals surface area contributed by atoms with Gasteiger partial charge in [0.05, 0.1) is 26.2 Å². The molecule has 114 valence electrons. The lowest BCUT2D eigenvalue weighted by Gasteiger charge is -2.37. The van der Waals surface area contributed by atoms with Crippen LogP contribution in [0, 0.1) is 0 Å². The summed E-state index contributed by atoms with van der Waals surface area (Å²) in [6, 6.07) is 10.9. The van der Waals surface area contributed by atoms with E-state index in [0.29, 0.717) is 0 Å². The summed E-state index contributed by atoms with van der Waals surface area (Å²) >= 11 is 0. The predicted molar refractivity (Wildman–Crippen MR) is 90.0 cm³/mol. The Kier molecular flexibility index (Phi) is 8.60. The van der Waals surface area contributed by atoms with Crippen LogP contribution in [-0.4, -0.2) is 30.7 Å². The Morgan fingerprint density at radius 1 is 0.750 bits per heavy atom. The molecule has 0 heterocycles. The van der Waals surface area contributed by atoms with E-state index in [0.717, 1.165) is 0 Å². The number of quaternary nitrogens is 1. The molecule has 0 atom stereocenters. The molecule has 0 aliphatic carbocycles. The molecule has 0 saturated carbocycles. The first-order valence-corrected chi connectivity index (χ1v) is 8.65. The maximum atomic E-state index is 2.37. The lowest BCUT2D eigenvalue weighted by atomic mass is 10.1. The van der Waals surface area contributed by atoms with Gasteiger partial charge in [0, 0.05) is 6.42 Å². The Morgan fingerprint density at radius 2 is 1.40 bits per heavy atom. The first-order valence-electron chi connectivity index (χ1n) is 8.65. The smallest absolute Gasteiger partial charge is 0.0789 e. The molecular formula is C19H34N+. The number of rotatable bonds is 11. The zero-order valence-electron chi connectivity index (χ0n) is 13.9. The van der Waals surface area contributed by atoms with E-state index >= 15 is 0 Å². The molecule has 1 nitrogen and oxygen atoms in total. The number of hydrogen-bond acceptors (Lipinski definition) is 0. The van der Waals surface area contributed by atoms with Gasteiger partial charge in [-0.15, -0.1) is 0 Å². The second kappa shape index (κ2) is 9.99.